The highest BCUT2D eigenvalue weighted by Crippen LogP contribution is 2.46. The third-order valence-corrected chi connectivity index (χ3v) is 5.10. The number of aliphatic hydroxyl groups excluding tert-OH is 1. The van der Waals surface area contributed by atoms with E-state index in [1.165, 1.54) is 11.3 Å². The summed E-state index contributed by atoms with van der Waals surface area (Å²) in [4.78, 5) is 9.82. The Morgan fingerprint density at radius 3 is 2.30 bits per heavy atom. The van der Waals surface area contributed by atoms with Gasteiger partial charge in [-0.05, 0) is 36.8 Å². The minimum atomic E-state index is 0.0817. The third kappa shape index (κ3) is 3.48. The second kappa shape index (κ2) is 6.21. The molecular formula is C19H35N3O. The SMILES string of the molecule is CC1=NC(C(C)(C)C)C(C(C)(C)C)=C2C(N(C)CCO)CCN12. The van der Waals surface area contributed by atoms with E-state index in [2.05, 4.69) is 65.3 Å². The van der Waals surface area contributed by atoms with Crippen LogP contribution in [0.2, 0.25) is 0 Å². The summed E-state index contributed by atoms with van der Waals surface area (Å²) < 4.78 is 0. The molecule has 1 N–H and O–H groups in total. The number of aliphatic hydroxyl groups is 1. The van der Waals surface area contributed by atoms with Crippen LogP contribution in [0, 0.1) is 10.8 Å². The van der Waals surface area contributed by atoms with Crippen molar-refractivity contribution in [2.24, 2.45) is 15.8 Å². The predicted molar refractivity (Wildman–Crippen MR) is 97.7 cm³/mol. The van der Waals surface area contributed by atoms with E-state index < -0.39 is 0 Å². The number of fused-ring (bicyclic) bond motifs is 1. The summed E-state index contributed by atoms with van der Waals surface area (Å²) in [5.41, 5.74) is 3.10. The third-order valence-electron chi connectivity index (χ3n) is 5.10. The number of hydrogen-bond donors (Lipinski definition) is 1. The van der Waals surface area contributed by atoms with E-state index in [0.717, 1.165) is 25.3 Å². The minimum absolute atomic E-state index is 0.0817. The first-order valence-corrected chi connectivity index (χ1v) is 8.86. The average Bonchev–Trinajstić information content (AvgIpc) is 2.81. The second-order valence-electron chi connectivity index (χ2n) is 9.15. The van der Waals surface area contributed by atoms with Gasteiger partial charge in [0, 0.05) is 18.8 Å². The molecule has 0 saturated carbocycles. The lowest BCUT2D eigenvalue weighted by molar-refractivity contribution is 0.192. The van der Waals surface area contributed by atoms with Gasteiger partial charge in [-0.25, -0.2) is 0 Å². The molecule has 1 saturated heterocycles. The Bertz CT molecular complexity index is 508. The molecule has 4 nitrogen and oxygen atoms in total. The molecule has 4 heteroatoms. The highest BCUT2D eigenvalue weighted by atomic mass is 16.3. The topological polar surface area (TPSA) is 39.1 Å². The number of rotatable bonds is 3. The lowest BCUT2D eigenvalue weighted by Crippen LogP contribution is -2.45. The molecule has 0 aromatic heterocycles. The second-order valence-corrected chi connectivity index (χ2v) is 9.15. The van der Waals surface area contributed by atoms with Crippen LogP contribution in [0.3, 0.4) is 0 Å². The van der Waals surface area contributed by atoms with E-state index in [-0.39, 0.29) is 23.5 Å². The number of likely N-dealkylation sites (N-methyl/N-ethyl adjacent to an activating group) is 1. The fourth-order valence-corrected chi connectivity index (χ4v) is 3.97. The first kappa shape index (κ1) is 18.5. The summed E-state index contributed by atoms with van der Waals surface area (Å²) in [6.07, 6.45) is 1.11. The zero-order valence-corrected chi connectivity index (χ0v) is 16.3. The first-order chi connectivity index (χ1) is 10.5. The number of aliphatic imine (C=N–C) groups is 1. The van der Waals surface area contributed by atoms with E-state index in [1.54, 1.807) is 0 Å². The van der Waals surface area contributed by atoms with Crippen LogP contribution >= 0.6 is 0 Å². The van der Waals surface area contributed by atoms with Crippen molar-refractivity contribution < 1.29 is 5.11 Å². The van der Waals surface area contributed by atoms with Crippen LogP contribution in [0.15, 0.2) is 16.3 Å². The summed E-state index contributed by atoms with van der Waals surface area (Å²) in [6.45, 7) is 17.9. The summed E-state index contributed by atoms with van der Waals surface area (Å²) >= 11 is 0. The Morgan fingerprint density at radius 1 is 1.22 bits per heavy atom. The molecule has 2 rings (SSSR count). The van der Waals surface area contributed by atoms with Crippen LogP contribution in [0.25, 0.3) is 0 Å². The molecule has 132 valence electrons. The molecule has 2 aliphatic heterocycles. The molecule has 0 aromatic rings. The van der Waals surface area contributed by atoms with Crippen molar-refractivity contribution in [1.82, 2.24) is 9.80 Å². The molecule has 2 heterocycles. The van der Waals surface area contributed by atoms with Gasteiger partial charge in [0.05, 0.1) is 18.7 Å². The van der Waals surface area contributed by atoms with Crippen molar-refractivity contribution in [2.45, 2.75) is 67.0 Å². The molecular weight excluding hydrogens is 286 g/mol. The van der Waals surface area contributed by atoms with Gasteiger partial charge in [-0.2, -0.15) is 0 Å². The molecule has 2 aliphatic rings. The summed E-state index contributed by atoms with van der Waals surface area (Å²) in [5, 5.41) is 9.36. The zero-order valence-electron chi connectivity index (χ0n) is 16.3. The van der Waals surface area contributed by atoms with Crippen molar-refractivity contribution >= 4 is 5.84 Å². The van der Waals surface area contributed by atoms with Crippen LogP contribution in [-0.4, -0.2) is 59.6 Å². The Hall–Kier alpha value is -0.870. The zero-order chi connectivity index (χ0) is 17.6. The number of hydrogen-bond acceptors (Lipinski definition) is 4. The van der Waals surface area contributed by atoms with Crippen LogP contribution in [0.5, 0.6) is 0 Å². The molecule has 0 radical (unpaired) electrons. The van der Waals surface area contributed by atoms with Gasteiger partial charge in [0.2, 0.25) is 0 Å². The molecule has 0 aromatic carbocycles. The largest absolute Gasteiger partial charge is 0.395 e. The maximum atomic E-state index is 9.36. The molecule has 0 spiro atoms. The highest BCUT2D eigenvalue weighted by Gasteiger charge is 2.45. The van der Waals surface area contributed by atoms with Gasteiger partial charge in [-0.3, -0.25) is 9.89 Å². The van der Waals surface area contributed by atoms with Gasteiger partial charge in [-0.15, -0.1) is 0 Å². The summed E-state index contributed by atoms with van der Waals surface area (Å²) in [5.74, 6) is 1.15. The molecule has 2 atom stereocenters. The van der Waals surface area contributed by atoms with E-state index in [0.29, 0.717) is 6.04 Å². The Labute approximate surface area is 142 Å². The monoisotopic (exact) mass is 321 g/mol. The van der Waals surface area contributed by atoms with Gasteiger partial charge in [0.25, 0.3) is 0 Å². The Balaban J connectivity index is 2.59. The van der Waals surface area contributed by atoms with Crippen molar-refractivity contribution in [3.05, 3.63) is 11.3 Å². The predicted octanol–water partition coefficient (Wildman–Crippen LogP) is 3.13. The summed E-state index contributed by atoms with van der Waals surface area (Å²) in [7, 11) is 2.13. The Morgan fingerprint density at radius 2 is 1.83 bits per heavy atom. The number of amidine groups is 1. The molecule has 23 heavy (non-hydrogen) atoms. The van der Waals surface area contributed by atoms with E-state index in [4.69, 9.17) is 4.99 Å². The van der Waals surface area contributed by atoms with Gasteiger partial charge in [0.15, 0.2) is 0 Å². The molecule has 0 amide bonds. The smallest absolute Gasteiger partial charge is 0.101 e. The van der Waals surface area contributed by atoms with Gasteiger partial charge >= 0.3 is 0 Å². The quantitative estimate of drug-likeness (QED) is 0.868. The van der Waals surface area contributed by atoms with Crippen LogP contribution in [-0.2, 0) is 0 Å². The lowest BCUT2D eigenvalue weighted by atomic mass is 9.70. The van der Waals surface area contributed by atoms with E-state index in [9.17, 15) is 5.11 Å². The van der Waals surface area contributed by atoms with Crippen molar-refractivity contribution in [3.8, 4) is 0 Å². The maximum Gasteiger partial charge on any atom is 0.101 e. The average molecular weight is 322 g/mol. The van der Waals surface area contributed by atoms with E-state index >= 15 is 0 Å². The van der Waals surface area contributed by atoms with Crippen molar-refractivity contribution in [1.29, 1.82) is 0 Å². The van der Waals surface area contributed by atoms with Gasteiger partial charge in [0.1, 0.15) is 5.84 Å². The highest BCUT2D eigenvalue weighted by molar-refractivity contribution is 5.84. The maximum absolute atomic E-state index is 9.36. The minimum Gasteiger partial charge on any atom is -0.395 e. The lowest BCUT2D eigenvalue weighted by Gasteiger charge is -2.44. The normalized spacial score (nSPS) is 26.0. The molecule has 2 unspecified atom stereocenters. The van der Waals surface area contributed by atoms with Crippen LogP contribution in [0.4, 0.5) is 0 Å². The fraction of sp³-hybridized carbons (Fsp3) is 0.842. The van der Waals surface area contributed by atoms with Gasteiger partial charge in [-0.1, -0.05) is 41.5 Å². The number of nitrogens with zero attached hydrogens (tertiary/aromatic N) is 3. The fourth-order valence-electron chi connectivity index (χ4n) is 3.97. The first-order valence-electron chi connectivity index (χ1n) is 8.86. The van der Waals surface area contributed by atoms with Gasteiger partial charge < -0.3 is 10.0 Å². The Kier molecular flexibility index (Phi) is 4.99. The standard InChI is InChI=1S/C19H35N3O/c1-13-20-17(19(5,6)7)15(18(2,3)4)16-14(9-10-22(13)16)21(8)11-12-23/h14,17,23H,9-12H2,1-8H3. The van der Waals surface area contributed by atoms with E-state index in [1.807, 2.05) is 0 Å². The molecule has 0 aliphatic carbocycles. The molecule has 1 fully saturated rings. The summed E-state index contributed by atoms with van der Waals surface area (Å²) in [6, 6.07) is 0.601. The van der Waals surface area contributed by atoms with Crippen molar-refractivity contribution in [2.75, 3.05) is 26.7 Å². The van der Waals surface area contributed by atoms with Crippen LogP contribution < -0.4 is 0 Å². The molecule has 0 bridgehead atoms. The van der Waals surface area contributed by atoms with Crippen molar-refractivity contribution in [3.63, 3.8) is 0 Å². The van der Waals surface area contributed by atoms with Crippen LogP contribution in [0.1, 0.15) is 54.9 Å².